The molecule has 0 saturated heterocycles. The van der Waals surface area contributed by atoms with Crippen LogP contribution in [0, 0.1) is 0 Å². The first-order valence-corrected chi connectivity index (χ1v) is 15.7. The molecule has 35 heavy (non-hydrogen) atoms. The second-order valence-electron chi connectivity index (χ2n) is 11.5. The van der Waals surface area contributed by atoms with Crippen LogP contribution < -0.4 is 0 Å². The molecule has 1 unspecified atom stereocenters. The summed E-state index contributed by atoms with van der Waals surface area (Å²) in [6.45, 7) is 11.9. The molecule has 3 aliphatic carbocycles. The van der Waals surface area contributed by atoms with Gasteiger partial charge in [0.25, 0.3) is 0 Å². The molecular weight excluding hydrogens is 440 g/mol. The van der Waals surface area contributed by atoms with Crippen molar-refractivity contribution in [1.82, 2.24) is 0 Å². The van der Waals surface area contributed by atoms with Gasteiger partial charge in [-0.25, -0.2) is 10.0 Å². The lowest BCUT2D eigenvalue weighted by molar-refractivity contribution is 0.911. The number of aryl methyl sites for hydroxylation is 1. The summed E-state index contributed by atoms with van der Waals surface area (Å²) in [5.74, 6) is 0. The molecule has 180 valence electrons. The minimum absolute atomic E-state index is 0.519. The van der Waals surface area contributed by atoms with E-state index in [9.17, 15) is 0 Å². The van der Waals surface area contributed by atoms with E-state index in [-0.39, 0.29) is 0 Å². The van der Waals surface area contributed by atoms with E-state index in [1.54, 1.807) is 33.4 Å². The average molecular weight is 479 g/mol. The van der Waals surface area contributed by atoms with E-state index in [1.165, 1.54) is 57.9 Å². The molecule has 0 saturated carbocycles. The third-order valence-corrected chi connectivity index (χ3v) is 13.1. The highest BCUT2D eigenvalue weighted by molar-refractivity contribution is 8.33. The van der Waals surface area contributed by atoms with Gasteiger partial charge in [-0.2, -0.15) is 0 Å². The molecule has 0 heterocycles. The molecule has 0 aliphatic heterocycles. The van der Waals surface area contributed by atoms with Gasteiger partial charge < -0.3 is 0 Å². The first-order valence-electron chi connectivity index (χ1n) is 13.1. The van der Waals surface area contributed by atoms with Crippen LogP contribution in [0.3, 0.4) is 0 Å². The SMILES string of the molecule is CC1=Cc2c(cc3c(c2-c2cccc4ccccc24)CCC3)C1S(C)(C)C1C(C)=C(C)C(C)=C1C. The lowest BCUT2D eigenvalue weighted by atomic mass is 9.87. The van der Waals surface area contributed by atoms with Crippen molar-refractivity contribution in [1.29, 1.82) is 0 Å². The van der Waals surface area contributed by atoms with Crippen molar-refractivity contribution in [3.05, 3.63) is 98.7 Å². The van der Waals surface area contributed by atoms with E-state index >= 15 is 0 Å². The molecule has 0 fully saturated rings. The maximum Gasteiger partial charge on any atom is 0.0361 e. The van der Waals surface area contributed by atoms with Gasteiger partial charge in [0.05, 0.1) is 0 Å². The molecule has 3 aromatic carbocycles. The van der Waals surface area contributed by atoms with Gasteiger partial charge >= 0.3 is 0 Å². The Morgan fingerprint density at radius 3 is 2.20 bits per heavy atom. The summed E-state index contributed by atoms with van der Waals surface area (Å²) in [4.78, 5) is 0. The molecule has 0 aromatic heterocycles. The van der Waals surface area contributed by atoms with Gasteiger partial charge in [0.2, 0.25) is 0 Å². The number of rotatable bonds is 3. The van der Waals surface area contributed by atoms with Gasteiger partial charge in [-0.15, -0.1) is 0 Å². The predicted molar refractivity (Wildman–Crippen MR) is 158 cm³/mol. The van der Waals surface area contributed by atoms with Crippen molar-refractivity contribution in [2.75, 3.05) is 12.5 Å². The van der Waals surface area contributed by atoms with E-state index in [4.69, 9.17) is 0 Å². The van der Waals surface area contributed by atoms with Crippen molar-refractivity contribution in [3.63, 3.8) is 0 Å². The summed E-state index contributed by atoms with van der Waals surface area (Å²) < 4.78 is 0. The monoisotopic (exact) mass is 478 g/mol. The fourth-order valence-corrected chi connectivity index (χ4v) is 11.9. The van der Waals surface area contributed by atoms with E-state index in [2.05, 4.69) is 102 Å². The molecule has 3 aromatic rings. The number of allylic oxidation sites excluding steroid dienone is 2. The Morgan fingerprint density at radius 1 is 0.771 bits per heavy atom. The summed E-state index contributed by atoms with van der Waals surface area (Å²) in [6, 6.07) is 18.4. The Labute approximate surface area is 213 Å². The highest BCUT2D eigenvalue weighted by Gasteiger charge is 2.43. The van der Waals surface area contributed by atoms with Gasteiger partial charge in [-0.1, -0.05) is 71.3 Å². The maximum absolute atomic E-state index is 2.63. The highest BCUT2D eigenvalue weighted by Crippen LogP contribution is 2.69. The van der Waals surface area contributed by atoms with Crippen molar-refractivity contribution < 1.29 is 0 Å². The number of hydrogen-bond acceptors (Lipinski definition) is 0. The van der Waals surface area contributed by atoms with Crippen LogP contribution in [-0.4, -0.2) is 17.8 Å². The summed E-state index contributed by atoms with van der Waals surface area (Å²) in [7, 11) is -1.01. The molecule has 6 rings (SSSR count). The Bertz CT molecular complexity index is 1460. The Hall–Kier alpha value is -2.51. The first-order chi connectivity index (χ1) is 16.7. The molecule has 0 N–H and O–H groups in total. The minimum atomic E-state index is -1.01. The van der Waals surface area contributed by atoms with Crippen LogP contribution in [0.2, 0.25) is 0 Å². The summed E-state index contributed by atoms with van der Waals surface area (Å²) >= 11 is 0. The maximum atomic E-state index is 2.63. The molecule has 0 bridgehead atoms. The second kappa shape index (κ2) is 8.00. The van der Waals surface area contributed by atoms with Gasteiger partial charge in [-0.3, -0.25) is 0 Å². The molecule has 0 nitrogen and oxygen atoms in total. The van der Waals surface area contributed by atoms with Crippen molar-refractivity contribution >= 4 is 26.9 Å². The average Bonchev–Trinajstić information content (AvgIpc) is 3.49. The third-order valence-electron chi connectivity index (χ3n) is 9.35. The highest BCUT2D eigenvalue weighted by atomic mass is 32.3. The Balaban J connectivity index is 1.60. The van der Waals surface area contributed by atoms with Crippen LogP contribution in [-0.2, 0) is 12.8 Å². The lowest BCUT2D eigenvalue weighted by Gasteiger charge is -2.46. The predicted octanol–water partition coefficient (Wildman–Crippen LogP) is 9.57. The van der Waals surface area contributed by atoms with Gasteiger partial charge in [0.15, 0.2) is 0 Å². The van der Waals surface area contributed by atoms with Crippen LogP contribution in [0.5, 0.6) is 0 Å². The normalized spacial score (nSPS) is 20.7. The molecule has 1 atom stereocenters. The molecule has 3 aliphatic rings. The summed E-state index contributed by atoms with van der Waals surface area (Å²) in [5, 5.41) is 3.83. The van der Waals surface area contributed by atoms with E-state index in [1.807, 2.05) is 0 Å². The Morgan fingerprint density at radius 2 is 1.46 bits per heavy atom. The first kappa shape index (κ1) is 22.9. The second-order valence-corrected chi connectivity index (χ2v) is 15.4. The third kappa shape index (κ3) is 3.20. The topological polar surface area (TPSA) is 0 Å². The molecule has 1 heteroatoms. The summed E-state index contributed by atoms with van der Waals surface area (Å²) in [5.41, 5.74) is 17.1. The van der Waals surface area contributed by atoms with Crippen LogP contribution in [0.4, 0.5) is 0 Å². The van der Waals surface area contributed by atoms with E-state index < -0.39 is 10.0 Å². The number of hydrogen-bond donors (Lipinski definition) is 0. The van der Waals surface area contributed by atoms with E-state index in [0.29, 0.717) is 10.5 Å². The van der Waals surface area contributed by atoms with Gasteiger partial charge in [0.1, 0.15) is 0 Å². The smallest absolute Gasteiger partial charge is 0.0361 e. The molecule has 0 amide bonds. The van der Waals surface area contributed by atoms with Crippen molar-refractivity contribution in [2.45, 2.75) is 64.4 Å². The van der Waals surface area contributed by atoms with Crippen LogP contribution in [0.15, 0.2) is 76.4 Å². The molecule has 0 spiro atoms. The standard InChI is InChI=1S/C34H38S/c1-20-18-30-31(33(20)35(6,7)34-23(4)21(2)22(3)24(34)5)19-26-14-11-16-28(26)32(30)29-17-10-13-25-12-8-9-15-27(25)29/h8-10,12-13,15,17-19,33-34H,11,14,16H2,1-7H3. The summed E-state index contributed by atoms with van der Waals surface area (Å²) in [6.07, 6.45) is 11.5. The van der Waals surface area contributed by atoms with Crippen molar-refractivity contribution in [2.24, 2.45) is 0 Å². The van der Waals surface area contributed by atoms with Crippen LogP contribution in [0.25, 0.3) is 28.0 Å². The minimum Gasteiger partial charge on any atom is -0.226 e. The molecular formula is C34H38S. The quantitative estimate of drug-likeness (QED) is 0.351. The number of benzene rings is 3. The number of fused-ring (bicyclic) bond motifs is 3. The zero-order chi connectivity index (χ0) is 24.6. The fraction of sp³-hybridized carbons (Fsp3) is 0.353. The zero-order valence-electron chi connectivity index (χ0n) is 22.4. The largest absolute Gasteiger partial charge is 0.226 e. The fourth-order valence-electron chi connectivity index (χ4n) is 7.62. The van der Waals surface area contributed by atoms with Crippen LogP contribution in [0.1, 0.15) is 68.5 Å². The zero-order valence-corrected chi connectivity index (χ0v) is 23.2. The van der Waals surface area contributed by atoms with Crippen LogP contribution >= 0.6 is 10.0 Å². The Kier molecular flexibility index (Phi) is 5.24. The molecule has 0 radical (unpaired) electrons. The van der Waals surface area contributed by atoms with Gasteiger partial charge in [-0.05, 0) is 122 Å². The van der Waals surface area contributed by atoms with Gasteiger partial charge in [0, 0.05) is 10.5 Å². The van der Waals surface area contributed by atoms with E-state index in [0.717, 1.165) is 0 Å². The van der Waals surface area contributed by atoms with Crippen molar-refractivity contribution in [3.8, 4) is 11.1 Å². The lowest BCUT2D eigenvalue weighted by Crippen LogP contribution is -2.23.